The number of carbonyl (C=O) groups is 1. The normalized spacial score (nSPS) is 11.0. The molecular formula is C16H12BrF2N3O. The summed E-state index contributed by atoms with van der Waals surface area (Å²) in [7, 11) is 0. The fraction of sp³-hybridized carbons (Fsp3) is 0.125. The molecule has 0 fully saturated rings. The monoisotopic (exact) mass is 379 g/mol. The van der Waals surface area contributed by atoms with E-state index in [1.54, 1.807) is 16.7 Å². The van der Waals surface area contributed by atoms with Crippen LogP contribution < -0.4 is 5.32 Å². The topological polar surface area (TPSA) is 46.4 Å². The number of fused-ring (bicyclic) bond motifs is 1. The quantitative estimate of drug-likeness (QED) is 0.741. The molecule has 0 aliphatic carbocycles. The molecule has 1 N–H and O–H groups in total. The van der Waals surface area contributed by atoms with Crippen LogP contribution in [0.4, 0.5) is 14.5 Å². The summed E-state index contributed by atoms with van der Waals surface area (Å²) in [6.45, 7) is 1.87. The van der Waals surface area contributed by atoms with Crippen LogP contribution in [0.15, 0.2) is 41.0 Å². The van der Waals surface area contributed by atoms with Crippen LogP contribution >= 0.6 is 15.9 Å². The van der Waals surface area contributed by atoms with E-state index < -0.39 is 17.5 Å². The number of amides is 1. The molecule has 3 aromatic rings. The number of pyridine rings is 1. The van der Waals surface area contributed by atoms with Gasteiger partial charge in [-0.2, -0.15) is 0 Å². The van der Waals surface area contributed by atoms with Gasteiger partial charge in [-0.15, -0.1) is 0 Å². The van der Waals surface area contributed by atoms with Crippen molar-refractivity contribution >= 4 is 33.2 Å². The number of benzene rings is 1. The summed E-state index contributed by atoms with van der Waals surface area (Å²) in [5, 5.41) is 2.41. The van der Waals surface area contributed by atoms with Gasteiger partial charge in [0.15, 0.2) is 0 Å². The first-order chi connectivity index (χ1) is 11.0. The van der Waals surface area contributed by atoms with Crippen molar-refractivity contribution in [2.75, 3.05) is 5.32 Å². The SMILES string of the molecule is CCc1nc2ccc(Br)cn2c1C(=O)Nc1cc(F)ccc1F. The third-order valence-corrected chi connectivity index (χ3v) is 3.85. The Morgan fingerprint density at radius 1 is 1.30 bits per heavy atom. The van der Waals surface area contributed by atoms with Crippen molar-refractivity contribution in [2.24, 2.45) is 0 Å². The molecule has 2 heterocycles. The summed E-state index contributed by atoms with van der Waals surface area (Å²) in [6.07, 6.45) is 2.24. The van der Waals surface area contributed by atoms with E-state index in [9.17, 15) is 13.6 Å². The van der Waals surface area contributed by atoms with Crippen molar-refractivity contribution in [1.82, 2.24) is 9.38 Å². The molecule has 2 aromatic heterocycles. The maximum Gasteiger partial charge on any atom is 0.274 e. The first-order valence-corrected chi connectivity index (χ1v) is 7.71. The predicted molar refractivity (Wildman–Crippen MR) is 86.6 cm³/mol. The summed E-state index contributed by atoms with van der Waals surface area (Å²) in [5.74, 6) is -1.87. The second-order valence-corrected chi connectivity index (χ2v) is 5.83. The maximum absolute atomic E-state index is 13.7. The van der Waals surface area contributed by atoms with Gasteiger partial charge in [-0.1, -0.05) is 6.92 Å². The zero-order chi connectivity index (χ0) is 16.6. The number of imidazole rings is 1. The highest BCUT2D eigenvalue weighted by atomic mass is 79.9. The lowest BCUT2D eigenvalue weighted by molar-refractivity contribution is 0.102. The Bertz CT molecular complexity index is 908. The lowest BCUT2D eigenvalue weighted by atomic mass is 10.2. The molecule has 118 valence electrons. The molecular weight excluding hydrogens is 368 g/mol. The first-order valence-electron chi connectivity index (χ1n) is 6.92. The highest BCUT2D eigenvalue weighted by molar-refractivity contribution is 9.10. The van der Waals surface area contributed by atoms with Crippen LogP contribution in [0.5, 0.6) is 0 Å². The molecule has 0 radical (unpaired) electrons. The van der Waals surface area contributed by atoms with Gasteiger partial charge in [0.1, 0.15) is 23.0 Å². The zero-order valence-corrected chi connectivity index (χ0v) is 13.7. The average Bonchev–Trinajstić information content (AvgIpc) is 2.88. The van der Waals surface area contributed by atoms with E-state index in [2.05, 4.69) is 26.2 Å². The maximum atomic E-state index is 13.7. The van der Waals surface area contributed by atoms with Gasteiger partial charge < -0.3 is 5.32 Å². The van der Waals surface area contributed by atoms with Crippen LogP contribution in [0.2, 0.25) is 0 Å². The molecule has 4 nitrogen and oxygen atoms in total. The molecule has 0 spiro atoms. The van der Waals surface area contributed by atoms with E-state index in [1.807, 2.05) is 13.0 Å². The molecule has 0 bridgehead atoms. The highest BCUT2D eigenvalue weighted by Gasteiger charge is 2.19. The summed E-state index contributed by atoms with van der Waals surface area (Å²) in [6, 6.07) is 6.49. The molecule has 0 atom stereocenters. The van der Waals surface area contributed by atoms with E-state index in [0.717, 1.165) is 22.7 Å². The minimum atomic E-state index is -0.701. The van der Waals surface area contributed by atoms with Crippen LogP contribution in [0.25, 0.3) is 5.65 Å². The molecule has 0 unspecified atom stereocenters. The number of hydrogen-bond acceptors (Lipinski definition) is 2. The highest BCUT2D eigenvalue weighted by Crippen LogP contribution is 2.21. The van der Waals surface area contributed by atoms with Gasteiger partial charge >= 0.3 is 0 Å². The standard InChI is InChI=1S/C16H12BrF2N3O/c1-2-12-15(22-8-9(17)3-6-14(22)20-12)16(23)21-13-7-10(18)4-5-11(13)19/h3-8H,2H2,1H3,(H,21,23). The molecule has 3 rings (SSSR count). The molecule has 0 aliphatic heterocycles. The van der Waals surface area contributed by atoms with Gasteiger partial charge in [-0.25, -0.2) is 13.8 Å². The summed E-state index contributed by atoms with van der Waals surface area (Å²) < 4.78 is 29.4. The number of rotatable bonds is 3. The predicted octanol–water partition coefficient (Wildman–Crippen LogP) is 4.19. The number of aromatic nitrogens is 2. The molecule has 1 aromatic carbocycles. The number of halogens is 3. The Hall–Kier alpha value is -2.28. The lowest BCUT2D eigenvalue weighted by Crippen LogP contribution is -2.17. The van der Waals surface area contributed by atoms with Crippen LogP contribution in [0.3, 0.4) is 0 Å². The lowest BCUT2D eigenvalue weighted by Gasteiger charge is -2.08. The largest absolute Gasteiger partial charge is 0.318 e. The minimum Gasteiger partial charge on any atom is -0.318 e. The van der Waals surface area contributed by atoms with Gasteiger partial charge in [-0.3, -0.25) is 9.20 Å². The van der Waals surface area contributed by atoms with Gasteiger partial charge in [0, 0.05) is 16.7 Å². The molecule has 0 aliphatic rings. The van der Waals surface area contributed by atoms with Crippen LogP contribution in [0.1, 0.15) is 23.1 Å². The smallest absolute Gasteiger partial charge is 0.274 e. The Balaban J connectivity index is 2.06. The van der Waals surface area contributed by atoms with Crippen LogP contribution in [0, 0.1) is 11.6 Å². The third-order valence-electron chi connectivity index (χ3n) is 3.38. The second-order valence-electron chi connectivity index (χ2n) is 4.91. The number of anilines is 1. The van der Waals surface area contributed by atoms with Crippen molar-refractivity contribution in [3.63, 3.8) is 0 Å². The van der Waals surface area contributed by atoms with E-state index in [1.165, 1.54) is 0 Å². The molecule has 7 heteroatoms. The molecule has 0 saturated carbocycles. The van der Waals surface area contributed by atoms with E-state index in [0.29, 0.717) is 23.5 Å². The van der Waals surface area contributed by atoms with Crippen molar-refractivity contribution < 1.29 is 13.6 Å². The zero-order valence-electron chi connectivity index (χ0n) is 12.1. The Morgan fingerprint density at radius 3 is 2.83 bits per heavy atom. The number of hydrogen-bond donors (Lipinski definition) is 1. The van der Waals surface area contributed by atoms with Gasteiger partial charge in [0.2, 0.25) is 0 Å². The van der Waals surface area contributed by atoms with Crippen molar-refractivity contribution in [2.45, 2.75) is 13.3 Å². The number of nitrogens with zero attached hydrogens (tertiary/aromatic N) is 2. The Morgan fingerprint density at radius 2 is 2.09 bits per heavy atom. The van der Waals surface area contributed by atoms with Crippen LogP contribution in [-0.4, -0.2) is 15.3 Å². The van der Waals surface area contributed by atoms with E-state index in [4.69, 9.17) is 0 Å². The minimum absolute atomic E-state index is 0.206. The number of carbonyl (C=O) groups excluding carboxylic acids is 1. The van der Waals surface area contributed by atoms with Gasteiger partial charge in [0.05, 0.1) is 11.4 Å². The fourth-order valence-corrected chi connectivity index (χ4v) is 2.67. The number of aryl methyl sites for hydroxylation is 1. The third kappa shape index (κ3) is 2.96. The van der Waals surface area contributed by atoms with Crippen molar-refractivity contribution in [3.8, 4) is 0 Å². The summed E-state index contributed by atoms with van der Waals surface area (Å²) in [5.41, 5.74) is 1.28. The Kier molecular flexibility index (Phi) is 4.12. The summed E-state index contributed by atoms with van der Waals surface area (Å²) >= 11 is 3.34. The van der Waals surface area contributed by atoms with E-state index in [-0.39, 0.29) is 5.69 Å². The summed E-state index contributed by atoms with van der Waals surface area (Å²) in [4.78, 5) is 17.0. The molecule has 1 amide bonds. The second kappa shape index (κ2) is 6.08. The molecule has 0 saturated heterocycles. The van der Waals surface area contributed by atoms with Gasteiger partial charge in [-0.05, 0) is 46.6 Å². The molecule has 23 heavy (non-hydrogen) atoms. The van der Waals surface area contributed by atoms with Crippen molar-refractivity contribution in [3.05, 3.63) is 64.0 Å². The fourth-order valence-electron chi connectivity index (χ4n) is 2.33. The first kappa shape index (κ1) is 15.6. The van der Waals surface area contributed by atoms with Gasteiger partial charge in [0.25, 0.3) is 5.91 Å². The Labute approximate surface area is 139 Å². The van der Waals surface area contributed by atoms with Crippen LogP contribution in [-0.2, 0) is 6.42 Å². The number of nitrogens with one attached hydrogen (secondary N) is 1. The average molecular weight is 380 g/mol. The van der Waals surface area contributed by atoms with E-state index >= 15 is 0 Å². The van der Waals surface area contributed by atoms with Crippen molar-refractivity contribution in [1.29, 1.82) is 0 Å².